The van der Waals surface area contributed by atoms with Crippen LogP contribution in [0.2, 0.25) is 0 Å². The minimum absolute atomic E-state index is 0.0494. The molecule has 3 heterocycles. The molecule has 0 spiro atoms. The van der Waals surface area contributed by atoms with Crippen LogP contribution in [0.1, 0.15) is 63.7 Å². The monoisotopic (exact) mass is 583 g/mol. The van der Waals surface area contributed by atoms with Crippen molar-refractivity contribution in [2.45, 2.75) is 38.5 Å². The van der Waals surface area contributed by atoms with Crippen molar-refractivity contribution in [1.29, 1.82) is 0 Å². The summed E-state index contributed by atoms with van der Waals surface area (Å²) in [6, 6.07) is 18.1. The molecule has 0 saturated carbocycles. The van der Waals surface area contributed by atoms with Crippen LogP contribution in [0.4, 0.5) is 5.82 Å². The lowest BCUT2D eigenvalue weighted by atomic mass is 9.73. The molecule has 2 aromatic heterocycles. The predicted molar refractivity (Wildman–Crippen MR) is 158 cm³/mol. The number of aromatic nitrogens is 2. The molecule has 0 saturated heterocycles. The Morgan fingerprint density at radius 1 is 1.10 bits per heavy atom. The fourth-order valence-electron chi connectivity index (χ4n) is 5.85. The van der Waals surface area contributed by atoms with Gasteiger partial charge in [0.05, 0.1) is 23.6 Å². The van der Waals surface area contributed by atoms with Gasteiger partial charge in [0, 0.05) is 40.0 Å². The third-order valence-electron chi connectivity index (χ3n) is 7.64. The number of fused-ring (bicyclic) bond motifs is 1. The lowest BCUT2D eigenvalue weighted by Gasteiger charge is -2.35. The van der Waals surface area contributed by atoms with Crippen molar-refractivity contribution >= 4 is 34.9 Å². The number of carbonyl (C=O) groups is 3. The molecule has 9 nitrogen and oxygen atoms in total. The molecule has 214 valence electrons. The van der Waals surface area contributed by atoms with Crippen molar-refractivity contribution in [2.75, 3.05) is 18.5 Å². The molecule has 0 fully saturated rings. The summed E-state index contributed by atoms with van der Waals surface area (Å²) < 4.78 is 12.2. The number of ether oxygens (including phenoxy) is 2. The number of nitrogens with one attached hydrogen (secondary N) is 1. The maximum atomic E-state index is 13.9. The summed E-state index contributed by atoms with van der Waals surface area (Å²) in [5.74, 6) is -0.649. The lowest BCUT2D eigenvalue weighted by molar-refractivity contribution is -0.145. The third-order valence-corrected chi connectivity index (χ3v) is 8.68. The Kier molecular flexibility index (Phi) is 7.38. The lowest BCUT2D eigenvalue weighted by Crippen LogP contribution is -2.30. The van der Waals surface area contributed by atoms with E-state index in [2.05, 4.69) is 11.4 Å². The maximum Gasteiger partial charge on any atom is 0.344 e. The number of allylic oxidation sites excluding steroid dienone is 2. The number of para-hydroxylation sites is 1. The van der Waals surface area contributed by atoms with Gasteiger partial charge in [0.2, 0.25) is 0 Å². The number of hydrogen-bond acceptors (Lipinski definition) is 8. The van der Waals surface area contributed by atoms with Crippen LogP contribution >= 0.6 is 11.3 Å². The standard InChI is InChI=1S/C32H29N3O6S/c1-3-40-27(37)17-41-21-12-10-19(11-13-21)29-28-18(2)34-35(24-8-5-4-7-22(24)32(38)39)31(28)33-23-15-20(16-25(36)30(23)29)26-9-6-14-42-26/h4-14,20,29,33H,3,15-17H2,1-2H3,(H,38,39). The molecule has 2 atom stereocenters. The van der Waals surface area contributed by atoms with E-state index in [0.717, 1.165) is 21.7 Å². The number of nitrogens with zero attached hydrogens (tertiary/aromatic N) is 2. The topological polar surface area (TPSA) is 120 Å². The second kappa shape index (κ2) is 11.3. The van der Waals surface area contributed by atoms with E-state index in [-0.39, 0.29) is 30.5 Å². The zero-order valence-corrected chi connectivity index (χ0v) is 23.9. The van der Waals surface area contributed by atoms with Gasteiger partial charge in [-0.15, -0.1) is 11.3 Å². The van der Waals surface area contributed by atoms with Crippen LogP contribution in [0.3, 0.4) is 0 Å². The molecule has 0 radical (unpaired) electrons. The zero-order chi connectivity index (χ0) is 29.4. The fraction of sp³-hybridized carbons (Fsp3) is 0.250. The SMILES string of the molecule is CCOC(=O)COc1ccc(C2C3=C(CC(c4cccs4)CC3=O)Nc3c2c(C)nn3-c2ccccc2C(=O)O)cc1. The molecular weight excluding hydrogens is 554 g/mol. The van der Waals surface area contributed by atoms with Gasteiger partial charge in [0.1, 0.15) is 11.6 Å². The number of aromatic carboxylic acids is 1. The molecule has 2 unspecified atom stereocenters. The Hall–Kier alpha value is -4.70. The number of aryl methyl sites for hydroxylation is 1. The highest BCUT2D eigenvalue weighted by Crippen LogP contribution is 2.50. The highest BCUT2D eigenvalue weighted by atomic mass is 32.1. The highest BCUT2D eigenvalue weighted by molar-refractivity contribution is 7.10. The van der Waals surface area contributed by atoms with E-state index in [4.69, 9.17) is 14.6 Å². The molecule has 2 aliphatic rings. The molecule has 1 aliphatic heterocycles. The molecule has 10 heteroatoms. The molecule has 42 heavy (non-hydrogen) atoms. The minimum atomic E-state index is -1.05. The molecule has 0 amide bonds. The second-order valence-corrected chi connectivity index (χ2v) is 11.2. The maximum absolute atomic E-state index is 13.9. The summed E-state index contributed by atoms with van der Waals surface area (Å²) in [6.45, 7) is 3.69. The fourth-order valence-corrected chi connectivity index (χ4v) is 6.68. The number of Topliss-reactive ketones (excluding diaryl/α,β-unsaturated/α-hetero) is 1. The Morgan fingerprint density at radius 2 is 1.88 bits per heavy atom. The largest absolute Gasteiger partial charge is 0.482 e. The Morgan fingerprint density at radius 3 is 2.60 bits per heavy atom. The van der Waals surface area contributed by atoms with Crippen LogP contribution in [-0.2, 0) is 14.3 Å². The number of hydrogen-bond donors (Lipinski definition) is 2. The first kappa shape index (κ1) is 27.5. The third kappa shape index (κ3) is 4.98. The van der Waals surface area contributed by atoms with Crippen LogP contribution in [0.25, 0.3) is 5.69 Å². The van der Waals surface area contributed by atoms with Crippen molar-refractivity contribution in [3.8, 4) is 11.4 Å². The molecule has 2 aromatic carbocycles. The number of anilines is 1. The summed E-state index contributed by atoms with van der Waals surface area (Å²) >= 11 is 1.64. The number of carbonyl (C=O) groups excluding carboxylic acids is 2. The van der Waals surface area contributed by atoms with Crippen molar-refractivity contribution in [3.05, 3.63) is 105 Å². The van der Waals surface area contributed by atoms with Gasteiger partial charge >= 0.3 is 11.9 Å². The van der Waals surface area contributed by atoms with Crippen LogP contribution in [0.5, 0.6) is 5.75 Å². The van der Waals surface area contributed by atoms with Crippen molar-refractivity contribution < 1.29 is 29.0 Å². The van der Waals surface area contributed by atoms with Crippen LogP contribution in [0, 0.1) is 6.92 Å². The highest BCUT2D eigenvalue weighted by Gasteiger charge is 2.41. The predicted octanol–water partition coefficient (Wildman–Crippen LogP) is 5.84. The molecule has 1 aliphatic carbocycles. The number of esters is 1. The van der Waals surface area contributed by atoms with E-state index in [1.54, 1.807) is 59.3 Å². The van der Waals surface area contributed by atoms with E-state index < -0.39 is 17.9 Å². The summed E-state index contributed by atoms with van der Waals surface area (Å²) in [5, 5.41) is 20.3. The van der Waals surface area contributed by atoms with Gasteiger partial charge in [0.25, 0.3) is 0 Å². The summed E-state index contributed by atoms with van der Waals surface area (Å²) in [6.07, 6.45) is 1.05. The van der Waals surface area contributed by atoms with Crippen molar-refractivity contribution in [1.82, 2.24) is 9.78 Å². The van der Waals surface area contributed by atoms with E-state index >= 15 is 0 Å². The van der Waals surface area contributed by atoms with Gasteiger partial charge in [-0.25, -0.2) is 14.3 Å². The average Bonchev–Trinajstić information content (AvgIpc) is 3.64. The van der Waals surface area contributed by atoms with Crippen LogP contribution in [0.15, 0.2) is 77.3 Å². The van der Waals surface area contributed by atoms with Gasteiger partial charge in [-0.1, -0.05) is 30.3 Å². The van der Waals surface area contributed by atoms with E-state index in [1.165, 1.54) is 0 Å². The number of rotatable bonds is 8. The Balaban J connectivity index is 1.45. The van der Waals surface area contributed by atoms with Gasteiger partial charge in [0.15, 0.2) is 12.4 Å². The molecule has 6 rings (SSSR count). The minimum Gasteiger partial charge on any atom is -0.482 e. The van der Waals surface area contributed by atoms with Gasteiger partial charge in [-0.3, -0.25) is 4.79 Å². The van der Waals surface area contributed by atoms with Gasteiger partial charge in [-0.05, 0) is 61.5 Å². The van der Waals surface area contributed by atoms with E-state index in [1.807, 2.05) is 30.5 Å². The number of benzene rings is 2. The van der Waals surface area contributed by atoms with E-state index in [0.29, 0.717) is 41.4 Å². The molecule has 0 bridgehead atoms. The Labute approximate surface area is 246 Å². The van der Waals surface area contributed by atoms with Crippen LogP contribution < -0.4 is 10.1 Å². The zero-order valence-electron chi connectivity index (χ0n) is 23.1. The number of carboxylic acid groups (broad SMARTS) is 1. The Bertz CT molecular complexity index is 1700. The molecule has 2 N–H and O–H groups in total. The number of carboxylic acids is 1. The normalized spacial score (nSPS) is 17.7. The summed E-state index contributed by atoms with van der Waals surface area (Å²) in [7, 11) is 0. The second-order valence-electron chi connectivity index (χ2n) is 10.2. The number of ketones is 1. The number of thiophene rings is 1. The summed E-state index contributed by atoms with van der Waals surface area (Å²) in [4.78, 5) is 38.9. The summed E-state index contributed by atoms with van der Waals surface area (Å²) in [5.41, 5.74) is 4.45. The smallest absolute Gasteiger partial charge is 0.344 e. The first-order valence-corrected chi connectivity index (χ1v) is 14.6. The van der Waals surface area contributed by atoms with Crippen molar-refractivity contribution in [3.63, 3.8) is 0 Å². The molecule has 4 aromatic rings. The quantitative estimate of drug-likeness (QED) is 0.248. The average molecular weight is 584 g/mol. The van der Waals surface area contributed by atoms with Gasteiger partial charge in [-0.2, -0.15) is 5.10 Å². The van der Waals surface area contributed by atoms with Gasteiger partial charge < -0.3 is 19.9 Å². The molecular formula is C32H29N3O6S. The van der Waals surface area contributed by atoms with E-state index in [9.17, 15) is 19.5 Å². The van der Waals surface area contributed by atoms with Crippen LogP contribution in [-0.4, -0.2) is 45.8 Å². The van der Waals surface area contributed by atoms with Crippen molar-refractivity contribution in [2.24, 2.45) is 0 Å². The first-order valence-electron chi connectivity index (χ1n) is 13.7. The first-order chi connectivity index (χ1) is 20.4.